The minimum absolute atomic E-state index is 0.136. The summed E-state index contributed by atoms with van der Waals surface area (Å²) in [4.78, 5) is 27.8. The quantitative estimate of drug-likeness (QED) is 0.931. The summed E-state index contributed by atoms with van der Waals surface area (Å²) in [5.74, 6) is -1.04. The number of aryl methyl sites for hydroxylation is 2. The van der Waals surface area contributed by atoms with E-state index in [0.717, 1.165) is 24.1 Å². The van der Waals surface area contributed by atoms with Crippen LogP contribution in [0.1, 0.15) is 53.7 Å². The van der Waals surface area contributed by atoms with Crippen LogP contribution in [-0.4, -0.2) is 34.5 Å². The molecule has 1 aromatic rings. The Hall–Kier alpha value is -1.36. The van der Waals surface area contributed by atoms with Crippen LogP contribution in [0.5, 0.6) is 0 Å². The summed E-state index contributed by atoms with van der Waals surface area (Å²) >= 11 is 1.47. The van der Waals surface area contributed by atoms with Crippen molar-refractivity contribution in [3.05, 3.63) is 21.4 Å². The Bertz CT molecular complexity index is 562. The van der Waals surface area contributed by atoms with E-state index in [9.17, 15) is 14.7 Å². The molecule has 1 fully saturated rings. The molecule has 1 N–H and O–H groups in total. The summed E-state index contributed by atoms with van der Waals surface area (Å²) in [6.45, 7) is 8.46. The van der Waals surface area contributed by atoms with Crippen LogP contribution < -0.4 is 0 Å². The predicted molar refractivity (Wildman–Crippen MR) is 83.9 cm³/mol. The molecule has 1 saturated heterocycles. The molecule has 0 aromatic carbocycles. The number of carbonyl (C=O) groups excluding carboxylic acids is 1. The molecule has 1 aromatic heterocycles. The SMILES string of the molecule is CCc1cc(C(=O)N2CCCC(C)(C)C2C(=O)O)sc1C. The number of likely N-dealkylation sites (tertiary alicyclic amines) is 1. The Kier molecular flexibility index (Phi) is 4.42. The molecule has 2 rings (SSSR count). The van der Waals surface area contributed by atoms with Gasteiger partial charge < -0.3 is 10.0 Å². The number of carboxylic acids is 1. The standard InChI is InChI=1S/C16H23NO3S/c1-5-11-9-12(21-10(11)2)14(18)17-8-6-7-16(3,4)13(17)15(19)20/h9,13H,5-8H2,1-4H3,(H,19,20). The second kappa shape index (κ2) is 5.79. The molecule has 0 saturated carbocycles. The van der Waals surface area contributed by atoms with Crippen molar-refractivity contribution in [1.29, 1.82) is 0 Å². The molecule has 1 aliphatic rings. The van der Waals surface area contributed by atoms with E-state index >= 15 is 0 Å². The number of hydrogen-bond acceptors (Lipinski definition) is 3. The van der Waals surface area contributed by atoms with Gasteiger partial charge in [0.1, 0.15) is 6.04 Å². The third kappa shape index (κ3) is 2.98. The van der Waals surface area contributed by atoms with Gasteiger partial charge in [-0.1, -0.05) is 20.8 Å². The number of piperidine rings is 1. The molecule has 0 aliphatic carbocycles. The molecule has 116 valence electrons. The largest absolute Gasteiger partial charge is 0.480 e. The van der Waals surface area contributed by atoms with Crippen molar-refractivity contribution in [2.75, 3.05) is 6.54 Å². The number of aliphatic carboxylic acids is 1. The van der Waals surface area contributed by atoms with Crippen LogP contribution in [0.4, 0.5) is 0 Å². The lowest BCUT2D eigenvalue weighted by molar-refractivity contribution is -0.148. The predicted octanol–water partition coefficient (Wildman–Crippen LogP) is 3.33. The van der Waals surface area contributed by atoms with E-state index in [2.05, 4.69) is 6.92 Å². The molecule has 1 amide bonds. The van der Waals surface area contributed by atoms with Gasteiger partial charge >= 0.3 is 5.97 Å². The third-order valence-electron chi connectivity index (χ3n) is 4.38. The molecule has 1 unspecified atom stereocenters. The summed E-state index contributed by atoms with van der Waals surface area (Å²) in [7, 11) is 0. The van der Waals surface area contributed by atoms with Gasteiger partial charge in [0.15, 0.2) is 0 Å². The first-order valence-electron chi connectivity index (χ1n) is 7.41. The van der Waals surface area contributed by atoms with Crippen molar-refractivity contribution in [2.45, 2.75) is 53.0 Å². The Labute approximate surface area is 129 Å². The number of nitrogens with zero attached hydrogens (tertiary/aromatic N) is 1. The second-order valence-electron chi connectivity index (χ2n) is 6.38. The molecule has 1 aliphatic heterocycles. The van der Waals surface area contributed by atoms with Gasteiger partial charge in [-0.15, -0.1) is 11.3 Å². The van der Waals surface area contributed by atoms with Crippen molar-refractivity contribution in [3.8, 4) is 0 Å². The van der Waals surface area contributed by atoms with Gasteiger partial charge in [-0.3, -0.25) is 4.79 Å². The minimum Gasteiger partial charge on any atom is -0.480 e. The summed E-state index contributed by atoms with van der Waals surface area (Å²) < 4.78 is 0. The molecule has 4 nitrogen and oxygen atoms in total. The van der Waals surface area contributed by atoms with Crippen LogP contribution >= 0.6 is 11.3 Å². The van der Waals surface area contributed by atoms with Gasteiger partial charge in [0, 0.05) is 11.4 Å². The molecule has 2 heterocycles. The lowest BCUT2D eigenvalue weighted by Crippen LogP contribution is -2.56. The van der Waals surface area contributed by atoms with Crippen molar-refractivity contribution in [3.63, 3.8) is 0 Å². The highest BCUT2D eigenvalue weighted by Gasteiger charge is 2.44. The number of amides is 1. The summed E-state index contributed by atoms with van der Waals surface area (Å²) in [6, 6.07) is 1.18. The Morgan fingerprint density at radius 1 is 1.48 bits per heavy atom. The average Bonchev–Trinajstić information content (AvgIpc) is 2.77. The third-order valence-corrected chi connectivity index (χ3v) is 5.46. The second-order valence-corrected chi connectivity index (χ2v) is 7.63. The fourth-order valence-electron chi connectivity index (χ4n) is 3.20. The highest BCUT2D eigenvalue weighted by Crippen LogP contribution is 2.37. The van der Waals surface area contributed by atoms with Crippen molar-refractivity contribution in [2.24, 2.45) is 5.41 Å². The van der Waals surface area contributed by atoms with Crippen LogP contribution in [-0.2, 0) is 11.2 Å². The topological polar surface area (TPSA) is 57.6 Å². The maximum absolute atomic E-state index is 12.8. The van der Waals surface area contributed by atoms with Gasteiger partial charge in [-0.2, -0.15) is 0 Å². The summed E-state index contributed by atoms with van der Waals surface area (Å²) in [5, 5.41) is 9.56. The number of carbonyl (C=O) groups is 2. The van der Waals surface area contributed by atoms with E-state index < -0.39 is 12.0 Å². The van der Waals surface area contributed by atoms with Crippen LogP contribution in [0.15, 0.2) is 6.07 Å². The lowest BCUT2D eigenvalue weighted by Gasteiger charge is -2.43. The molecule has 0 radical (unpaired) electrons. The van der Waals surface area contributed by atoms with E-state index in [-0.39, 0.29) is 11.3 Å². The fraction of sp³-hybridized carbons (Fsp3) is 0.625. The molecule has 0 spiro atoms. The Morgan fingerprint density at radius 2 is 2.14 bits per heavy atom. The number of hydrogen-bond donors (Lipinski definition) is 1. The fourth-order valence-corrected chi connectivity index (χ4v) is 4.27. The highest BCUT2D eigenvalue weighted by atomic mass is 32.1. The molecular weight excluding hydrogens is 286 g/mol. The van der Waals surface area contributed by atoms with Crippen molar-refractivity contribution in [1.82, 2.24) is 4.90 Å². The van der Waals surface area contributed by atoms with Crippen molar-refractivity contribution < 1.29 is 14.7 Å². The van der Waals surface area contributed by atoms with E-state index in [1.165, 1.54) is 16.9 Å². The smallest absolute Gasteiger partial charge is 0.326 e. The van der Waals surface area contributed by atoms with Crippen molar-refractivity contribution >= 4 is 23.2 Å². The minimum atomic E-state index is -0.906. The molecule has 21 heavy (non-hydrogen) atoms. The van der Waals surface area contributed by atoms with Gasteiger partial charge in [0.25, 0.3) is 5.91 Å². The van der Waals surface area contributed by atoms with Gasteiger partial charge in [-0.05, 0) is 43.2 Å². The normalized spacial score (nSPS) is 21.3. The number of carboxylic acid groups (broad SMARTS) is 1. The zero-order valence-electron chi connectivity index (χ0n) is 13.1. The van der Waals surface area contributed by atoms with Gasteiger partial charge in [0.05, 0.1) is 4.88 Å². The lowest BCUT2D eigenvalue weighted by atomic mass is 9.76. The molecular formula is C16H23NO3S. The van der Waals surface area contributed by atoms with Crippen LogP contribution in [0.2, 0.25) is 0 Å². The maximum atomic E-state index is 12.8. The van der Waals surface area contributed by atoms with Crippen LogP contribution in [0, 0.1) is 12.3 Å². The Morgan fingerprint density at radius 3 is 2.67 bits per heavy atom. The first-order valence-corrected chi connectivity index (χ1v) is 8.22. The highest BCUT2D eigenvalue weighted by molar-refractivity contribution is 7.14. The van der Waals surface area contributed by atoms with E-state index in [4.69, 9.17) is 0 Å². The summed E-state index contributed by atoms with van der Waals surface area (Å²) in [5.41, 5.74) is 0.783. The zero-order valence-corrected chi connectivity index (χ0v) is 13.9. The first kappa shape index (κ1) is 16.0. The van der Waals surface area contributed by atoms with Crippen LogP contribution in [0.25, 0.3) is 0 Å². The number of rotatable bonds is 3. The van der Waals surface area contributed by atoms with Gasteiger partial charge in [0.2, 0.25) is 0 Å². The van der Waals surface area contributed by atoms with E-state index in [1.807, 2.05) is 26.8 Å². The first-order chi connectivity index (χ1) is 9.77. The average molecular weight is 309 g/mol. The van der Waals surface area contributed by atoms with Gasteiger partial charge in [-0.25, -0.2) is 4.79 Å². The monoisotopic (exact) mass is 309 g/mol. The van der Waals surface area contributed by atoms with E-state index in [1.54, 1.807) is 4.90 Å². The maximum Gasteiger partial charge on any atom is 0.326 e. The van der Waals surface area contributed by atoms with E-state index in [0.29, 0.717) is 11.4 Å². The van der Waals surface area contributed by atoms with Crippen LogP contribution in [0.3, 0.4) is 0 Å². The number of thiophene rings is 1. The molecule has 1 atom stereocenters. The summed E-state index contributed by atoms with van der Waals surface area (Å²) in [6.07, 6.45) is 2.58. The Balaban J connectivity index is 2.33. The molecule has 0 bridgehead atoms. The zero-order chi connectivity index (χ0) is 15.8. The molecule has 5 heteroatoms.